The average Bonchev–Trinajstić information content (AvgIpc) is 2.70. The maximum Gasteiger partial charge on any atom is 0.215 e. The van der Waals surface area contributed by atoms with Crippen LogP contribution in [0.5, 0.6) is 0 Å². The Kier molecular flexibility index (Phi) is 3.72. The fraction of sp³-hybridized carbons (Fsp3) is 0.364. The van der Waals surface area contributed by atoms with Gasteiger partial charge in [0.1, 0.15) is 5.82 Å². The third-order valence-electron chi connectivity index (χ3n) is 2.65. The number of halogens is 1. The lowest BCUT2D eigenvalue weighted by Crippen LogP contribution is -2.28. The molecule has 0 spiro atoms. The first-order chi connectivity index (χ1) is 8.88. The number of imidazole rings is 1. The van der Waals surface area contributed by atoms with Gasteiger partial charge in [-0.3, -0.25) is 0 Å². The number of nitrogens with zero attached hydrogens (tertiary/aromatic N) is 2. The molecular weight excluding hydrogens is 271 g/mol. The molecule has 0 fully saturated rings. The van der Waals surface area contributed by atoms with Crippen LogP contribution in [0.15, 0.2) is 18.2 Å². The van der Waals surface area contributed by atoms with E-state index in [0.29, 0.717) is 17.0 Å². The van der Waals surface area contributed by atoms with Crippen LogP contribution in [0, 0.1) is 5.82 Å². The molecule has 1 heterocycles. The van der Waals surface area contributed by atoms with E-state index in [4.69, 9.17) is 0 Å². The van der Waals surface area contributed by atoms with Gasteiger partial charge in [-0.05, 0) is 18.2 Å². The van der Waals surface area contributed by atoms with Gasteiger partial charge in [0.05, 0.1) is 16.8 Å². The molecule has 2 aromatic rings. The van der Waals surface area contributed by atoms with Crippen molar-refractivity contribution in [3.8, 4) is 0 Å². The summed E-state index contributed by atoms with van der Waals surface area (Å²) in [5.41, 5.74) is 1.19. The molecular formula is C11H15FN4O2S. The molecule has 19 heavy (non-hydrogen) atoms. The molecule has 0 radical (unpaired) electrons. The second-order valence-corrected chi connectivity index (χ2v) is 6.57. The van der Waals surface area contributed by atoms with E-state index in [-0.39, 0.29) is 18.1 Å². The van der Waals surface area contributed by atoms with E-state index in [1.165, 1.54) is 30.5 Å². The lowest BCUT2D eigenvalue weighted by Gasteiger charge is -2.10. The smallest absolute Gasteiger partial charge is 0.215 e. The van der Waals surface area contributed by atoms with Crippen molar-refractivity contribution in [2.24, 2.45) is 0 Å². The first-order valence-electron chi connectivity index (χ1n) is 5.68. The van der Waals surface area contributed by atoms with Crippen molar-refractivity contribution in [3.63, 3.8) is 0 Å². The minimum absolute atomic E-state index is 0.0363. The summed E-state index contributed by atoms with van der Waals surface area (Å²) in [6, 6.07) is 4.22. The van der Waals surface area contributed by atoms with Crippen molar-refractivity contribution in [1.29, 1.82) is 0 Å². The number of aromatic amines is 1. The van der Waals surface area contributed by atoms with Crippen LogP contribution in [0.2, 0.25) is 0 Å². The van der Waals surface area contributed by atoms with Gasteiger partial charge < -0.3 is 10.3 Å². The highest BCUT2D eigenvalue weighted by Gasteiger charge is 2.13. The molecule has 0 unspecified atom stereocenters. The van der Waals surface area contributed by atoms with Crippen molar-refractivity contribution in [1.82, 2.24) is 14.3 Å². The van der Waals surface area contributed by atoms with Crippen molar-refractivity contribution >= 4 is 27.0 Å². The van der Waals surface area contributed by atoms with Gasteiger partial charge in [0.15, 0.2) is 0 Å². The van der Waals surface area contributed by atoms with E-state index in [0.717, 1.165) is 0 Å². The Morgan fingerprint density at radius 3 is 2.84 bits per heavy atom. The Morgan fingerprint density at radius 1 is 1.42 bits per heavy atom. The van der Waals surface area contributed by atoms with Crippen molar-refractivity contribution in [3.05, 3.63) is 24.0 Å². The standard InChI is InChI=1S/C11H15FN4O2S/c1-16(2)19(17,18)6-5-13-11-14-9-4-3-8(12)7-10(9)15-11/h3-4,7H,5-6H2,1-2H3,(H2,13,14,15). The molecule has 0 aliphatic rings. The quantitative estimate of drug-likeness (QED) is 0.859. The van der Waals surface area contributed by atoms with Crippen LogP contribution < -0.4 is 5.32 Å². The van der Waals surface area contributed by atoms with Gasteiger partial charge in [0.2, 0.25) is 16.0 Å². The second kappa shape index (κ2) is 5.14. The monoisotopic (exact) mass is 286 g/mol. The highest BCUT2D eigenvalue weighted by Crippen LogP contribution is 2.15. The predicted octanol–water partition coefficient (Wildman–Crippen LogP) is 1.01. The molecule has 0 amide bonds. The van der Waals surface area contributed by atoms with E-state index in [2.05, 4.69) is 15.3 Å². The van der Waals surface area contributed by atoms with Gasteiger partial charge in [-0.1, -0.05) is 0 Å². The normalized spacial score (nSPS) is 12.2. The number of H-pyrrole nitrogens is 1. The van der Waals surface area contributed by atoms with Gasteiger partial charge in [0, 0.05) is 20.6 Å². The summed E-state index contributed by atoms with van der Waals surface area (Å²) in [5, 5.41) is 2.87. The average molecular weight is 286 g/mol. The van der Waals surface area contributed by atoms with Crippen molar-refractivity contribution in [2.45, 2.75) is 0 Å². The number of anilines is 1. The maximum absolute atomic E-state index is 13.0. The fourth-order valence-electron chi connectivity index (χ4n) is 1.55. The highest BCUT2D eigenvalue weighted by molar-refractivity contribution is 7.89. The zero-order chi connectivity index (χ0) is 14.0. The Balaban J connectivity index is 2.03. The van der Waals surface area contributed by atoms with E-state index < -0.39 is 10.0 Å². The topological polar surface area (TPSA) is 78.1 Å². The molecule has 2 rings (SSSR count). The van der Waals surface area contributed by atoms with Gasteiger partial charge in [-0.15, -0.1) is 0 Å². The molecule has 0 atom stereocenters. The van der Waals surface area contributed by atoms with E-state index in [9.17, 15) is 12.8 Å². The maximum atomic E-state index is 13.0. The van der Waals surface area contributed by atoms with E-state index in [1.807, 2.05) is 0 Å². The predicted molar refractivity (Wildman–Crippen MR) is 72.0 cm³/mol. The Labute approximate surface area is 110 Å². The zero-order valence-electron chi connectivity index (χ0n) is 10.6. The number of hydrogen-bond donors (Lipinski definition) is 2. The molecule has 1 aromatic carbocycles. The van der Waals surface area contributed by atoms with E-state index in [1.54, 1.807) is 6.07 Å². The van der Waals surface area contributed by atoms with Gasteiger partial charge in [-0.25, -0.2) is 22.1 Å². The number of rotatable bonds is 5. The Bertz CT molecular complexity index is 681. The van der Waals surface area contributed by atoms with Crippen LogP contribution in [-0.2, 0) is 10.0 Å². The van der Waals surface area contributed by atoms with E-state index >= 15 is 0 Å². The largest absolute Gasteiger partial charge is 0.355 e. The second-order valence-electron chi connectivity index (χ2n) is 4.27. The summed E-state index contributed by atoms with van der Waals surface area (Å²) in [7, 11) is -0.265. The number of sulfonamides is 1. The molecule has 0 bridgehead atoms. The number of benzene rings is 1. The number of aromatic nitrogens is 2. The van der Waals surface area contributed by atoms with Crippen LogP contribution in [0.4, 0.5) is 10.3 Å². The highest BCUT2D eigenvalue weighted by atomic mass is 32.2. The first-order valence-corrected chi connectivity index (χ1v) is 7.29. The summed E-state index contributed by atoms with van der Waals surface area (Å²) in [5.74, 6) is 0.0400. The Hall–Kier alpha value is -1.67. The van der Waals surface area contributed by atoms with Crippen LogP contribution in [0.3, 0.4) is 0 Å². The first kappa shape index (κ1) is 13.8. The minimum Gasteiger partial charge on any atom is -0.355 e. The molecule has 0 saturated carbocycles. The third-order valence-corrected chi connectivity index (χ3v) is 4.49. The third kappa shape index (κ3) is 3.21. The summed E-state index contributed by atoms with van der Waals surface area (Å²) < 4.78 is 37.2. The number of nitrogens with one attached hydrogen (secondary N) is 2. The SMILES string of the molecule is CN(C)S(=O)(=O)CCNc1nc2ccc(F)cc2[nH]1. The molecule has 8 heteroatoms. The Morgan fingerprint density at radius 2 is 2.16 bits per heavy atom. The van der Waals surface area contributed by atoms with Gasteiger partial charge in [0.25, 0.3) is 0 Å². The molecule has 104 valence electrons. The zero-order valence-corrected chi connectivity index (χ0v) is 11.5. The molecule has 0 saturated heterocycles. The minimum atomic E-state index is -3.24. The molecule has 1 aromatic heterocycles. The van der Waals surface area contributed by atoms with Gasteiger partial charge >= 0.3 is 0 Å². The number of fused-ring (bicyclic) bond motifs is 1. The lowest BCUT2D eigenvalue weighted by atomic mass is 10.3. The lowest BCUT2D eigenvalue weighted by molar-refractivity contribution is 0.521. The number of hydrogen-bond acceptors (Lipinski definition) is 4. The summed E-state index contributed by atoms with van der Waals surface area (Å²) in [6.45, 7) is 0.225. The van der Waals surface area contributed by atoms with Crippen LogP contribution in [-0.4, -0.2) is 49.1 Å². The molecule has 6 nitrogen and oxygen atoms in total. The summed E-state index contributed by atoms with van der Waals surface area (Å²) >= 11 is 0. The van der Waals surface area contributed by atoms with Crippen LogP contribution in [0.25, 0.3) is 11.0 Å². The molecule has 2 N–H and O–H groups in total. The van der Waals surface area contributed by atoms with Crippen LogP contribution >= 0.6 is 0 Å². The van der Waals surface area contributed by atoms with Crippen molar-refractivity contribution < 1.29 is 12.8 Å². The molecule has 0 aliphatic carbocycles. The van der Waals surface area contributed by atoms with Crippen molar-refractivity contribution in [2.75, 3.05) is 31.7 Å². The summed E-state index contributed by atoms with van der Waals surface area (Å²) in [6.07, 6.45) is 0. The van der Waals surface area contributed by atoms with Crippen LogP contribution in [0.1, 0.15) is 0 Å². The fourth-order valence-corrected chi connectivity index (χ4v) is 2.27. The molecule has 0 aliphatic heterocycles. The van der Waals surface area contributed by atoms with Gasteiger partial charge in [-0.2, -0.15) is 0 Å². The summed E-state index contributed by atoms with van der Waals surface area (Å²) in [4.78, 5) is 7.06.